The average Bonchev–Trinajstić information content (AvgIpc) is 2.30. The molecule has 4 heteroatoms. The van der Waals surface area contributed by atoms with Crippen LogP contribution in [0.3, 0.4) is 0 Å². The van der Waals surface area contributed by atoms with Crippen LogP contribution in [0, 0.1) is 6.92 Å². The van der Waals surface area contributed by atoms with Gasteiger partial charge in [-0.1, -0.05) is 6.07 Å². The molecule has 2 heterocycles. The maximum absolute atomic E-state index is 5.52. The van der Waals surface area contributed by atoms with Crippen molar-refractivity contribution in [1.29, 1.82) is 0 Å². The molecule has 0 spiro atoms. The molecule has 0 radical (unpaired) electrons. The minimum absolute atomic E-state index is 0.141. The fourth-order valence-corrected chi connectivity index (χ4v) is 1.44. The number of aryl methyl sites for hydroxylation is 1. The molecule has 0 amide bonds. The molecular formula is C11H16N2O2. The number of rotatable bonds is 3. The van der Waals surface area contributed by atoms with Crippen molar-refractivity contribution in [2.45, 2.75) is 13.0 Å². The van der Waals surface area contributed by atoms with E-state index in [2.05, 4.69) is 10.3 Å². The first-order chi connectivity index (χ1) is 7.34. The van der Waals surface area contributed by atoms with Gasteiger partial charge in [-0.2, -0.15) is 0 Å². The second-order valence-electron chi connectivity index (χ2n) is 3.68. The number of morpholine rings is 1. The summed E-state index contributed by atoms with van der Waals surface area (Å²) in [6.07, 6.45) is 1.94. The van der Waals surface area contributed by atoms with Crippen LogP contribution in [0.1, 0.15) is 5.56 Å². The number of hydrogen-bond donors (Lipinski definition) is 1. The number of aromatic nitrogens is 1. The number of nitrogens with zero attached hydrogens (tertiary/aromatic N) is 1. The summed E-state index contributed by atoms with van der Waals surface area (Å²) in [4.78, 5) is 4.16. The lowest BCUT2D eigenvalue weighted by atomic mass is 10.3. The summed E-state index contributed by atoms with van der Waals surface area (Å²) in [5, 5.41) is 3.25. The van der Waals surface area contributed by atoms with Gasteiger partial charge in [0, 0.05) is 25.4 Å². The zero-order valence-electron chi connectivity index (χ0n) is 8.90. The van der Waals surface area contributed by atoms with Gasteiger partial charge in [-0.05, 0) is 12.5 Å². The lowest BCUT2D eigenvalue weighted by Gasteiger charge is -2.23. The quantitative estimate of drug-likeness (QED) is 0.796. The van der Waals surface area contributed by atoms with Crippen LogP contribution in [0.25, 0.3) is 0 Å². The van der Waals surface area contributed by atoms with E-state index < -0.39 is 0 Å². The van der Waals surface area contributed by atoms with Crippen LogP contribution in [0.2, 0.25) is 0 Å². The normalized spacial score (nSPS) is 21.3. The zero-order valence-corrected chi connectivity index (χ0v) is 8.90. The molecule has 1 fully saturated rings. The third-order valence-electron chi connectivity index (χ3n) is 2.31. The first-order valence-corrected chi connectivity index (χ1v) is 5.22. The van der Waals surface area contributed by atoms with Crippen molar-refractivity contribution in [3.63, 3.8) is 0 Å². The fourth-order valence-electron chi connectivity index (χ4n) is 1.44. The summed E-state index contributed by atoms with van der Waals surface area (Å²) in [5.41, 5.74) is 1.14. The molecule has 0 bridgehead atoms. The maximum Gasteiger partial charge on any atom is 0.213 e. The minimum Gasteiger partial charge on any atom is -0.475 e. The van der Waals surface area contributed by atoms with Gasteiger partial charge in [0.05, 0.1) is 6.61 Å². The third kappa shape index (κ3) is 3.18. The van der Waals surface area contributed by atoms with Crippen molar-refractivity contribution in [2.75, 3.05) is 26.3 Å². The van der Waals surface area contributed by atoms with Crippen molar-refractivity contribution >= 4 is 0 Å². The Morgan fingerprint density at radius 3 is 3.20 bits per heavy atom. The Kier molecular flexibility index (Phi) is 3.53. The molecule has 1 aromatic rings. The molecule has 1 unspecified atom stereocenters. The van der Waals surface area contributed by atoms with Gasteiger partial charge in [0.15, 0.2) is 0 Å². The molecule has 15 heavy (non-hydrogen) atoms. The highest BCUT2D eigenvalue weighted by atomic mass is 16.5. The van der Waals surface area contributed by atoms with E-state index >= 15 is 0 Å². The van der Waals surface area contributed by atoms with Gasteiger partial charge in [-0.15, -0.1) is 0 Å². The largest absolute Gasteiger partial charge is 0.475 e. The Bertz CT molecular complexity index is 294. The lowest BCUT2D eigenvalue weighted by Crippen LogP contribution is -2.41. The number of ether oxygens (including phenoxy) is 2. The predicted octanol–water partition coefficient (Wildman–Crippen LogP) is 0.757. The fraction of sp³-hybridized carbons (Fsp3) is 0.545. The Labute approximate surface area is 89.6 Å². The summed E-state index contributed by atoms with van der Waals surface area (Å²) in [6.45, 7) is 5.11. The number of hydrogen-bond acceptors (Lipinski definition) is 4. The highest BCUT2D eigenvalue weighted by Gasteiger charge is 2.13. The van der Waals surface area contributed by atoms with Crippen LogP contribution >= 0.6 is 0 Å². The van der Waals surface area contributed by atoms with Crippen LogP contribution in [0.5, 0.6) is 5.88 Å². The molecule has 1 aliphatic heterocycles. The Balaban J connectivity index is 1.79. The standard InChI is InChI=1S/C11H16N2O2/c1-9-2-3-11(13-6-9)15-8-10-7-12-4-5-14-10/h2-3,6,10,12H,4-5,7-8H2,1H3. The van der Waals surface area contributed by atoms with Crippen LogP contribution in [0.4, 0.5) is 0 Å². The molecule has 1 aromatic heterocycles. The smallest absolute Gasteiger partial charge is 0.213 e. The van der Waals surface area contributed by atoms with Gasteiger partial charge >= 0.3 is 0 Å². The van der Waals surface area contributed by atoms with Crippen LogP contribution < -0.4 is 10.1 Å². The van der Waals surface area contributed by atoms with Gasteiger partial charge in [-0.3, -0.25) is 0 Å². The van der Waals surface area contributed by atoms with E-state index in [1.54, 1.807) is 6.20 Å². The Morgan fingerprint density at radius 2 is 2.53 bits per heavy atom. The monoisotopic (exact) mass is 208 g/mol. The first-order valence-electron chi connectivity index (χ1n) is 5.22. The second kappa shape index (κ2) is 5.09. The molecule has 4 nitrogen and oxygen atoms in total. The molecule has 1 N–H and O–H groups in total. The van der Waals surface area contributed by atoms with Crippen LogP contribution in [-0.4, -0.2) is 37.4 Å². The summed E-state index contributed by atoms with van der Waals surface area (Å²) in [6, 6.07) is 3.87. The van der Waals surface area contributed by atoms with Gasteiger partial charge in [0.25, 0.3) is 0 Å². The predicted molar refractivity (Wildman–Crippen MR) is 57.1 cm³/mol. The van der Waals surface area contributed by atoms with E-state index in [1.165, 1.54) is 0 Å². The number of pyridine rings is 1. The Hall–Kier alpha value is -1.13. The van der Waals surface area contributed by atoms with Gasteiger partial charge in [0.2, 0.25) is 5.88 Å². The van der Waals surface area contributed by atoms with E-state index in [0.29, 0.717) is 12.5 Å². The molecule has 2 rings (SSSR count). The van der Waals surface area contributed by atoms with Gasteiger partial charge in [0.1, 0.15) is 12.7 Å². The van der Waals surface area contributed by atoms with Crippen molar-refractivity contribution in [3.05, 3.63) is 23.9 Å². The molecule has 0 aromatic carbocycles. The van der Waals surface area contributed by atoms with E-state index in [1.807, 2.05) is 19.1 Å². The van der Waals surface area contributed by atoms with E-state index in [9.17, 15) is 0 Å². The molecule has 0 saturated carbocycles. The van der Waals surface area contributed by atoms with Crippen molar-refractivity contribution in [2.24, 2.45) is 0 Å². The van der Waals surface area contributed by atoms with Crippen LogP contribution in [-0.2, 0) is 4.74 Å². The first kappa shape index (κ1) is 10.4. The minimum atomic E-state index is 0.141. The van der Waals surface area contributed by atoms with Crippen molar-refractivity contribution in [1.82, 2.24) is 10.3 Å². The zero-order chi connectivity index (χ0) is 10.5. The molecule has 82 valence electrons. The lowest BCUT2D eigenvalue weighted by molar-refractivity contribution is -0.000743. The van der Waals surface area contributed by atoms with E-state index in [0.717, 1.165) is 25.3 Å². The topological polar surface area (TPSA) is 43.4 Å². The SMILES string of the molecule is Cc1ccc(OCC2CNCCO2)nc1. The summed E-state index contributed by atoms with van der Waals surface area (Å²) in [5.74, 6) is 0.662. The van der Waals surface area contributed by atoms with Gasteiger partial charge in [-0.25, -0.2) is 4.98 Å². The average molecular weight is 208 g/mol. The molecule has 0 aliphatic carbocycles. The highest BCUT2D eigenvalue weighted by molar-refractivity contribution is 5.16. The maximum atomic E-state index is 5.52. The molecule has 1 atom stereocenters. The second-order valence-corrected chi connectivity index (χ2v) is 3.68. The summed E-state index contributed by atoms with van der Waals surface area (Å²) >= 11 is 0. The third-order valence-corrected chi connectivity index (χ3v) is 2.31. The molecule has 1 aliphatic rings. The van der Waals surface area contributed by atoms with Gasteiger partial charge < -0.3 is 14.8 Å². The molecular weight excluding hydrogens is 192 g/mol. The van der Waals surface area contributed by atoms with Crippen molar-refractivity contribution in [3.8, 4) is 5.88 Å². The van der Waals surface area contributed by atoms with Crippen molar-refractivity contribution < 1.29 is 9.47 Å². The summed E-state index contributed by atoms with van der Waals surface area (Å²) in [7, 11) is 0. The van der Waals surface area contributed by atoms with Crippen LogP contribution in [0.15, 0.2) is 18.3 Å². The van der Waals surface area contributed by atoms with E-state index in [4.69, 9.17) is 9.47 Å². The molecule has 1 saturated heterocycles. The highest BCUT2D eigenvalue weighted by Crippen LogP contribution is 2.07. The number of nitrogens with one attached hydrogen (secondary N) is 1. The Morgan fingerprint density at radius 1 is 1.60 bits per heavy atom. The van der Waals surface area contributed by atoms with E-state index in [-0.39, 0.29) is 6.10 Å². The summed E-state index contributed by atoms with van der Waals surface area (Å²) < 4.78 is 11.0.